The number of carbonyl (C=O) groups excluding carboxylic acids is 1. The predicted octanol–water partition coefficient (Wildman–Crippen LogP) is 5.89. The third-order valence-corrected chi connectivity index (χ3v) is 5.81. The summed E-state index contributed by atoms with van der Waals surface area (Å²) in [6.45, 7) is 4.13. The Kier molecular flexibility index (Phi) is 5.71. The number of hydrogen-bond donors (Lipinski definition) is 1. The number of nitrogens with zero attached hydrogens (tertiary/aromatic N) is 1. The minimum Gasteiger partial charge on any atom is -0.350 e. The highest BCUT2D eigenvalue weighted by Gasteiger charge is 2.23. The van der Waals surface area contributed by atoms with Gasteiger partial charge in [0.25, 0.3) is 0 Å². The minimum atomic E-state index is -0.0237. The van der Waals surface area contributed by atoms with E-state index in [1.165, 1.54) is 27.6 Å². The summed E-state index contributed by atoms with van der Waals surface area (Å²) in [6.07, 6.45) is 2.58. The number of benzene rings is 3. The number of fused-ring (bicyclic) bond motifs is 1. The van der Waals surface area contributed by atoms with Crippen LogP contribution in [0.5, 0.6) is 0 Å². The van der Waals surface area contributed by atoms with Crippen LogP contribution in [0.3, 0.4) is 0 Å². The van der Waals surface area contributed by atoms with Crippen molar-refractivity contribution >= 4 is 16.8 Å². The van der Waals surface area contributed by atoms with Gasteiger partial charge in [-0.15, -0.1) is 0 Å². The number of carbonyl (C=O) groups is 1. The van der Waals surface area contributed by atoms with Crippen molar-refractivity contribution in [2.24, 2.45) is 7.05 Å². The van der Waals surface area contributed by atoms with Crippen molar-refractivity contribution in [1.82, 2.24) is 9.88 Å². The quantitative estimate of drug-likeness (QED) is 0.433. The molecule has 3 heteroatoms. The van der Waals surface area contributed by atoms with Crippen molar-refractivity contribution in [3.63, 3.8) is 0 Å². The highest BCUT2D eigenvalue weighted by Crippen LogP contribution is 2.35. The molecule has 1 N–H and O–H groups in total. The van der Waals surface area contributed by atoms with Crippen molar-refractivity contribution in [3.05, 3.63) is 107 Å². The van der Waals surface area contributed by atoms with E-state index in [4.69, 9.17) is 0 Å². The standard InChI is InChI=1S/C27H28N2O/c1-19-10-9-13-22(16-19)24(25-18-29(3)26-15-8-7-14-23(25)26)17-27(30)28-20(2)21-11-5-4-6-12-21/h4-16,18,20,24H,17H2,1-3H3,(H,28,30). The highest BCUT2D eigenvalue weighted by atomic mass is 16.1. The van der Waals surface area contributed by atoms with E-state index >= 15 is 0 Å². The molecule has 1 aromatic heterocycles. The largest absolute Gasteiger partial charge is 0.350 e. The van der Waals surface area contributed by atoms with Gasteiger partial charge in [0.2, 0.25) is 5.91 Å². The second-order valence-corrected chi connectivity index (χ2v) is 8.08. The summed E-state index contributed by atoms with van der Waals surface area (Å²) in [4.78, 5) is 13.1. The first kappa shape index (κ1) is 20.0. The molecule has 3 aromatic carbocycles. The number of nitrogens with one attached hydrogen (secondary N) is 1. The Labute approximate surface area is 178 Å². The average Bonchev–Trinajstić information content (AvgIpc) is 3.09. The molecule has 2 atom stereocenters. The molecule has 1 amide bonds. The van der Waals surface area contributed by atoms with Gasteiger partial charge in [0.15, 0.2) is 0 Å². The molecule has 0 fully saturated rings. The molecule has 0 bridgehead atoms. The molecule has 0 aliphatic heterocycles. The summed E-state index contributed by atoms with van der Waals surface area (Å²) in [7, 11) is 2.07. The van der Waals surface area contributed by atoms with Gasteiger partial charge in [0, 0.05) is 36.5 Å². The fourth-order valence-electron chi connectivity index (χ4n) is 4.26. The van der Waals surface area contributed by atoms with Crippen LogP contribution in [0, 0.1) is 6.92 Å². The summed E-state index contributed by atoms with van der Waals surface area (Å²) < 4.78 is 2.15. The lowest BCUT2D eigenvalue weighted by Crippen LogP contribution is -2.28. The Hall–Kier alpha value is -3.33. The summed E-state index contributed by atoms with van der Waals surface area (Å²) in [5.74, 6) is 0.0600. The van der Waals surface area contributed by atoms with E-state index in [2.05, 4.69) is 78.6 Å². The van der Waals surface area contributed by atoms with Gasteiger partial charge in [-0.05, 0) is 36.6 Å². The van der Waals surface area contributed by atoms with E-state index in [1.54, 1.807) is 0 Å². The van der Waals surface area contributed by atoms with E-state index in [-0.39, 0.29) is 17.9 Å². The van der Waals surface area contributed by atoms with Crippen LogP contribution in [-0.4, -0.2) is 10.5 Å². The summed E-state index contributed by atoms with van der Waals surface area (Å²) in [6, 6.07) is 27.0. The zero-order valence-electron chi connectivity index (χ0n) is 17.8. The van der Waals surface area contributed by atoms with Crippen LogP contribution in [0.15, 0.2) is 85.1 Å². The molecule has 0 spiro atoms. The molecule has 0 saturated carbocycles. The summed E-state index contributed by atoms with van der Waals surface area (Å²) in [5, 5.41) is 4.39. The lowest BCUT2D eigenvalue weighted by molar-refractivity contribution is -0.121. The Balaban J connectivity index is 1.67. The molecule has 0 radical (unpaired) electrons. The monoisotopic (exact) mass is 396 g/mol. The second kappa shape index (κ2) is 8.58. The Bertz CT molecular complexity index is 1160. The molecule has 0 aliphatic carbocycles. The number of hydrogen-bond acceptors (Lipinski definition) is 1. The number of para-hydroxylation sites is 1. The fraction of sp³-hybridized carbons (Fsp3) is 0.222. The molecule has 30 heavy (non-hydrogen) atoms. The van der Waals surface area contributed by atoms with Gasteiger partial charge in [0.05, 0.1) is 6.04 Å². The van der Waals surface area contributed by atoms with Crippen molar-refractivity contribution in [1.29, 1.82) is 0 Å². The Morgan fingerprint density at radius 2 is 1.63 bits per heavy atom. The first-order valence-corrected chi connectivity index (χ1v) is 10.5. The van der Waals surface area contributed by atoms with Crippen LogP contribution in [-0.2, 0) is 11.8 Å². The topological polar surface area (TPSA) is 34.0 Å². The number of aryl methyl sites for hydroxylation is 2. The van der Waals surface area contributed by atoms with Gasteiger partial charge in [-0.1, -0.05) is 78.4 Å². The SMILES string of the molecule is Cc1cccc(C(CC(=O)NC(C)c2ccccc2)c2cn(C)c3ccccc23)c1. The molecular weight excluding hydrogens is 368 g/mol. The normalized spacial score (nSPS) is 13.2. The summed E-state index contributed by atoms with van der Waals surface area (Å²) in [5.41, 5.74) is 5.87. The number of rotatable bonds is 6. The van der Waals surface area contributed by atoms with Gasteiger partial charge in [-0.2, -0.15) is 0 Å². The van der Waals surface area contributed by atoms with Gasteiger partial charge < -0.3 is 9.88 Å². The van der Waals surface area contributed by atoms with Gasteiger partial charge in [0.1, 0.15) is 0 Å². The highest BCUT2D eigenvalue weighted by molar-refractivity contribution is 5.86. The smallest absolute Gasteiger partial charge is 0.221 e. The van der Waals surface area contributed by atoms with Gasteiger partial charge in [-0.3, -0.25) is 4.79 Å². The van der Waals surface area contributed by atoms with Gasteiger partial charge in [-0.25, -0.2) is 0 Å². The van der Waals surface area contributed by atoms with E-state index in [9.17, 15) is 4.79 Å². The van der Waals surface area contributed by atoms with E-state index in [0.717, 1.165) is 5.56 Å². The maximum Gasteiger partial charge on any atom is 0.221 e. The maximum absolute atomic E-state index is 13.1. The van der Waals surface area contributed by atoms with E-state index in [1.807, 2.05) is 37.3 Å². The third-order valence-electron chi connectivity index (χ3n) is 5.81. The van der Waals surface area contributed by atoms with E-state index in [0.29, 0.717) is 6.42 Å². The molecule has 2 unspecified atom stereocenters. The van der Waals surface area contributed by atoms with Crippen molar-refractivity contribution in [3.8, 4) is 0 Å². The first-order valence-electron chi connectivity index (χ1n) is 10.5. The van der Waals surface area contributed by atoms with Crippen molar-refractivity contribution < 1.29 is 4.79 Å². The molecular formula is C27H28N2O. The lowest BCUT2D eigenvalue weighted by atomic mass is 9.87. The lowest BCUT2D eigenvalue weighted by Gasteiger charge is -2.20. The van der Waals surface area contributed by atoms with Crippen LogP contribution >= 0.6 is 0 Å². The molecule has 152 valence electrons. The zero-order chi connectivity index (χ0) is 21.1. The second-order valence-electron chi connectivity index (χ2n) is 8.08. The predicted molar refractivity (Wildman–Crippen MR) is 124 cm³/mol. The van der Waals surface area contributed by atoms with Crippen LogP contribution in [0.2, 0.25) is 0 Å². The molecule has 0 aliphatic rings. The Morgan fingerprint density at radius 1 is 0.933 bits per heavy atom. The fourth-order valence-corrected chi connectivity index (χ4v) is 4.26. The van der Waals surface area contributed by atoms with Crippen LogP contribution in [0.25, 0.3) is 10.9 Å². The zero-order valence-corrected chi connectivity index (χ0v) is 17.8. The average molecular weight is 397 g/mol. The molecule has 1 heterocycles. The summed E-state index contributed by atoms with van der Waals surface area (Å²) >= 11 is 0. The van der Waals surface area contributed by atoms with Crippen LogP contribution < -0.4 is 5.32 Å². The molecule has 4 aromatic rings. The molecule has 4 rings (SSSR count). The van der Waals surface area contributed by atoms with Crippen LogP contribution in [0.1, 0.15) is 47.6 Å². The Morgan fingerprint density at radius 3 is 2.40 bits per heavy atom. The van der Waals surface area contributed by atoms with Crippen molar-refractivity contribution in [2.75, 3.05) is 0 Å². The van der Waals surface area contributed by atoms with E-state index < -0.39 is 0 Å². The van der Waals surface area contributed by atoms with Crippen molar-refractivity contribution in [2.45, 2.75) is 32.2 Å². The number of aromatic nitrogens is 1. The number of amides is 1. The maximum atomic E-state index is 13.1. The third kappa shape index (κ3) is 4.16. The van der Waals surface area contributed by atoms with Crippen LogP contribution in [0.4, 0.5) is 0 Å². The first-order chi connectivity index (χ1) is 14.5. The molecule has 0 saturated heterocycles. The van der Waals surface area contributed by atoms with Gasteiger partial charge >= 0.3 is 0 Å². The molecule has 3 nitrogen and oxygen atoms in total. The minimum absolute atomic E-state index is 0.000951.